The van der Waals surface area contributed by atoms with Gasteiger partial charge in [-0.3, -0.25) is 0 Å². The summed E-state index contributed by atoms with van der Waals surface area (Å²) in [5.74, 6) is 0.855. The maximum Gasteiger partial charge on any atom is 0.252 e. The predicted octanol–water partition coefficient (Wildman–Crippen LogP) is 3.62. The molecule has 1 aromatic carbocycles. The van der Waals surface area contributed by atoms with Gasteiger partial charge in [-0.2, -0.15) is 0 Å². The van der Waals surface area contributed by atoms with Crippen molar-refractivity contribution in [1.82, 2.24) is 10.2 Å². The average molecular weight is 307 g/mol. The van der Waals surface area contributed by atoms with Gasteiger partial charge in [0.05, 0.1) is 0 Å². The van der Waals surface area contributed by atoms with Crippen LogP contribution in [0.15, 0.2) is 34.7 Å². The maximum absolute atomic E-state index is 11.4. The highest BCUT2D eigenvalue weighted by atomic mass is 35.5. The Balaban J connectivity index is 2.05. The van der Waals surface area contributed by atoms with E-state index < -0.39 is 5.60 Å². The van der Waals surface area contributed by atoms with E-state index in [1.807, 2.05) is 30.3 Å². The van der Waals surface area contributed by atoms with Crippen molar-refractivity contribution >= 4 is 11.6 Å². The van der Waals surface area contributed by atoms with Crippen LogP contribution in [-0.4, -0.2) is 15.3 Å². The zero-order valence-corrected chi connectivity index (χ0v) is 12.6. The van der Waals surface area contributed by atoms with E-state index in [2.05, 4.69) is 10.2 Å². The standard InChI is InChI=1S/C16H19ClN2O2/c17-11-14-18-19-15(21-14)16(20,12-7-3-1-4-8-12)13-9-5-2-6-10-13/h1,3-4,7-8,13,20H,2,5-6,9-11H2/t16-/m0/s1. The van der Waals surface area contributed by atoms with E-state index in [4.69, 9.17) is 16.0 Å². The Morgan fingerprint density at radius 3 is 2.48 bits per heavy atom. The van der Waals surface area contributed by atoms with E-state index in [1.165, 1.54) is 6.42 Å². The summed E-state index contributed by atoms with van der Waals surface area (Å²) < 4.78 is 5.60. The Hall–Kier alpha value is -1.39. The minimum absolute atomic E-state index is 0.0947. The minimum Gasteiger partial charge on any atom is -0.420 e. The Labute approximate surface area is 129 Å². The molecule has 21 heavy (non-hydrogen) atoms. The third-order valence-corrected chi connectivity index (χ3v) is 4.55. The second-order valence-corrected chi connectivity index (χ2v) is 5.87. The fraction of sp³-hybridized carbons (Fsp3) is 0.500. The lowest BCUT2D eigenvalue weighted by Gasteiger charge is -2.36. The van der Waals surface area contributed by atoms with Crippen LogP contribution in [0.25, 0.3) is 0 Å². The van der Waals surface area contributed by atoms with Crippen LogP contribution in [0.4, 0.5) is 0 Å². The van der Waals surface area contributed by atoms with Gasteiger partial charge in [-0.25, -0.2) is 0 Å². The first-order valence-corrected chi connectivity index (χ1v) is 7.95. The van der Waals surface area contributed by atoms with E-state index >= 15 is 0 Å². The van der Waals surface area contributed by atoms with Crippen molar-refractivity contribution in [1.29, 1.82) is 0 Å². The lowest BCUT2D eigenvalue weighted by Crippen LogP contribution is -2.38. The van der Waals surface area contributed by atoms with Crippen molar-refractivity contribution < 1.29 is 9.52 Å². The van der Waals surface area contributed by atoms with Crippen molar-refractivity contribution in [3.05, 3.63) is 47.7 Å². The lowest BCUT2D eigenvalue weighted by atomic mass is 9.73. The third kappa shape index (κ3) is 2.70. The molecule has 1 fully saturated rings. The van der Waals surface area contributed by atoms with Crippen LogP contribution >= 0.6 is 11.6 Å². The summed E-state index contributed by atoms with van der Waals surface area (Å²) in [6.45, 7) is 0. The van der Waals surface area contributed by atoms with Gasteiger partial charge >= 0.3 is 0 Å². The zero-order valence-electron chi connectivity index (χ0n) is 11.8. The predicted molar refractivity (Wildman–Crippen MR) is 79.9 cm³/mol. The molecule has 0 unspecified atom stereocenters. The monoisotopic (exact) mass is 306 g/mol. The van der Waals surface area contributed by atoms with Crippen molar-refractivity contribution in [2.75, 3.05) is 0 Å². The first-order valence-electron chi connectivity index (χ1n) is 7.42. The van der Waals surface area contributed by atoms with Gasteiger partial charge in [0.2, 0.25) is 5.89 Å². The number of hydrogen-bond donors (Lipinski definition) is 1. The van der Waals surface area contributed by atoms with Gasteiger partial charge in [-0.15, -0.1) is 21.8 Å². The molecular weight excluding hydrogens is 288 g/mol. The summed E-state index contributed by atoms with van der Waals surface area (Å²) in [6, 6.07) is 9.60. The van der Waals surface area contributed by atoms with Crippen LogP contribution in [0.2, 0.25) is 0 Å². The summed E-state index contributed by atoms with van der Waals surface area (Å²) in [5, 5.41) is 19.4. The molecule has 1 N–H and O–H groups in total. The van der Waals surface area contributed by atoms with E-state index in [0.717, 1.165) is 31.2 Å². The first-order chi connectivity index (χ1) is 10.2. The van der Waals surface area contributed by atoms with Crippen LogP contribution in [0.5, 0.6) is 0 Å². The molecule has 0 amide bonds. The fourth-order valence-corrected chi connectivity index (χ4v) is 3.32. The average Bonchev–Trinajstić information content (AvgIpc) is 3.05. The van der Waals surface area contributed by atoms with E-state index in [-0.39, 0.29) is 17.7 Å². The van der Waals surface area contributed by atoms with Gasteiger partial charge < -0.3 is 9.52 Å². The molecule has 1 aliphatic rings. The van der Waals surface area contributed by atoms with Crippen LogP contribution in [0, 0.1) is 5.92 Å². The zero-order chi connectivity index (χ0) is 14.7. The van der Waals surface area contributed by atoms with Gasteiger partial charge in [0.1, 0.15) is 5.88 Å². The lowest BCUT2D eigenvalue weighted by molar-refractivity contribution is -0.0238. The molecule has 1 aliphatic carbocycles. The first kappa shape index (κ1) is 14.5. The largest absolute Gasteiger partial charge is 0.420 e. The highest BCUT2D eigenvalue weighted by Crippen LogP contribution is 2.43. The topological polar surface area (TPSA) is 59.2 Å². The molecule has 1 saturated carbocycles. The van der Waals surface area contributed by atoms with E-state index in [0.29, 0.717) is 5.89 Å². The van der Waals surface area contributed by atoms with Crippen molar-refractivity contribution in [2.24, 2.45) is 5.92 Å². The highest BCUT2D eigenvalue weighted by Gasteiger charge is 2.45. The molecule has 1 aromatic heterocycles. The molecule has 0 aliphatic heterocycles. The molecule has 0 bridgehead atoms. The number of halogens is 1. The van der Waals surface area contributed by atoms with Gasteiger partial charge in [0.15, 0.2) is 5.60 Å². The molecule has 2 aromatic rings. The van der Waals surface area contributed by atoms with Crippen LogP contribution in [0.1, 0.15) is 49.4 Å². The Morgan fingerprint density at radius 1 is 1.14 bits per heavy atom. The van der Waals surface area contributed by atoms with Crippen LogP contribution in [0.3, 0.4) is 0 Å². The van der Waals surface area contributed by atoms with Crippen LogP contribution < -0.4 is 0 Å². The molecule has 3 rings (SSSR count). The second kappa shape index (κ2) is 6.16. The van der Waals surface area contributed by atoms with Crippen molar-refractivity contribution in [3.63, 3.8) is 0 Å². The molecule has 5 heteroatoms. The Morgan fingerprint density at radius 2 is 1.86 bits per heavy atom. The van der Waals surface area contributed by atoms with Crippen molar-refractivity contribution in [2.45, 2.75) is 43.6 Å². The molecular formula is C16H19ClN2O2. The van der Waals surface area contributed by atoms with Gasteiger partial charge in [-0.1, -0.05) is 49.6 Å². The summed E-state index contributed by atoms with van der Waals surface area (Å²) in [6.07, 6.45) is 5.39. The van der Waals surface area contributed by atoms with Gasteiger partial charge in [0, 0.05) is 5.92 Å². The number of alkyl halides is 1. The van der Waals surface area contributed by atoms with Gasteiger partial charge in [-0.05, 0) is 18.4 Å². The fourth-order valence-electron chi connectivity index (χ4n) is 3.21. The van der Waals surface area contributed by atoms with E-state index in [9.17, 15) is 5.11 Å². The number of hydrogen-bond acceptors (Lipinski definition) is 4. The van der Waals surface area contributed by atoms with Crippen LogP contribution in [-0.2, 0) is 11.5 Å². The summed E-state index contributed by atoms with van der Waals surface area (Å²) in [5.41, 5.74) is -0.416. The number of aliphatic hydroxyl groups is 1. The molecule has 1 heterocycles. The molecule has 0 saturated heterocycles. The second-order valence-electron chi connectivity index (χ2n) is 5.60. The molecule has 112 valence electrons. The molecule has 0 spiro atoms. The molecule has 0 radical (unpaired) electrons. The van der Waals surface area contributed by atoms with Gasteiger partial charge in [0.25, 0.3) is 5.89 Å². The summed E-state index contributed by atoms with van der Waals surface area (Å²) >= 11 is 5.74. The third-order valence-electron chi connectivity index (χ3n) is 4.32. The van der Waals surface area contributed by atoms with Crippen molar-refractivity contribution in [3.8, 4) is 0 Å². The summed E-state index contributed by atoms with van der Waals surface area (Å²) in [4.78, 5) is 0. The number of benzene rings is 1. The number of aromatic nitrogens is 2. The quantitative estimate of drug-likeness (QED) is 0.876. The normalized spacial score (nSPS) is 19.3. The SMILES string of the molecule is O[C@](c1ccccc1)(c1nnc(CCl)o1)C1CCCCC1. The highest BCUT2D eigenvalue weighted by molar-refractivity contribution is 6.16. The Kier molecular flexibility index (Phi) is 4.27. The summed E-state index contributed by atoms with van der Waals surface area (Å²) in [7, 11) is 0. The maximum atomic E-state index is 11.4. The van der Waals surface area contributed by atoms with E-state index in [1.54, 1.807) is 0 Å². The Bertz CT molecular complexity index is 581. The smallest absolute Gasteiger partial charge is 0.252 e. The molecule has 4 nitrogen and oxygen atoms in total. The molecule has 1 atom stereocenters. The number of nitrogens with zero attached hydrogens (tertiary/aromatic N) is 2. The minimum atomic E-state index is -1.22. The number of rotatable bonds is 4.